The van der Waals surface area contributed by atoms with Crippen LogP contribution in [0.15, 0.2) is 4.40 Å². The Hall–Kier alpha value is -0.280. The van der Waals surface area contributed by atoms with E-state index in [-0.39, 0.29) is 5.17 Å². The fourth-order valence-corrected chi connectivity index (χ4v) is 1.38. The minimum Gasteiger partial charge on any atom is -0.379 e. The van der Waals surface area contributed by atoms with Crippen LogP contribution in [0.25, 0.3) is 0 Å². The molecule has 0 N–H and O–H groups in total. The van der Waals surface area contributed by atoms with Crippen molar-refractivity contribution in [2.45, 2.75) is 0 Å². The van der Waals surface area contributed by atoms with Crippen molar-refractivity contribution in [3.05, 3.63) is 0 Å². The molecule has 66 valence electrons. The van der Waals surface area contributed by atoms with E-state index < -0.39 is 0 Å². The average Bonchev–Trinajstić information content (AvgIpc) is 2.16. The van der Waals surface area contributed by atoms with Crippen molar-refractivity contribution in [1.29, 1.82) is 5.26 Å². The molecule has 0 saturated carbocycles. The van der Waals surface area contributed by atoms with Crippen LogP contribution in [0.5, 0.6) is 0 Å². The smallest absolute Gasteiger partial charge is 0.215 e. The molecule has 6 heteroatoms. The van der Waals surface area contributed by atoms with Crippen molar-refractivity contribution < 1.29 is 4.74 Å². The molecule has 1 rings (SSSR count). The lowest BCUT2D eigenvalue weighted by Crippen LogP contribution is -2.30. The summed E-state index contributed by atoms with van der Waals surface area (Å²) in [5.74, 6) is 0. The molecule has 1 fully saturated rings. The van der Waals surface area contributed by atoms with Gasteiger partial charge in [0.25, 0.3) is 0 Å². The predicted molar refractivity (Wildman–Crippen MR) is 48.9 cm³/mol. The standard InChI is InChI=1S/C6H8ClN3OS/c7-6(5-8)9-12-10-1-3-11-4-2-10/h1-4H2/b9-6-. The molecular formula is C6H8ClN3OS. The zero-order valence-electron chi connectivity index (χ0n) is 6.36. The fraction of sp³-hybridized carbons (Fsp3) is 0.667. The Balaban J connectivity index is 2.26. The van der Waals surface area contributed by atoms with Crippen LogP contribution in [0, 0.1) is 11.3 Å². The van der Waals surface area contributed by atoms with Crippen molar-refractivity contribution in [2.75, 3.05) is 26.3 Å². The first-order chi connectivity index (χ1) is 5.83. The zero-order valence-corrected chi connectivity index (χ0v) is 7.94. The maximum absolute atomic E-state index is 8.29. The van der Waals surface area contributed by atoms with Gasteiger partial charge in [-0.05, 0) is 11.6 Å². The average molecular weight is 206 g/mol. The quantitative estimate of drug-likeness (QED) is 0.499. The molecule has 0 aliphatic carbocycles. The van der Waals surface area contributed by atoms with E-state index in [1.54, 1.807) is 6.07 Å². The molecule has 0 amide bonds. The van der Waals surface area contributed by atoms with E-state index in [0.717, 1.165) is 13.1 Å². The van der Waals surface area contributed by atoms with Gasteiger partial charge >= 0.3 is 0 Å². The fourth-order valence-electron chi connectivity index (χ4n) is 0.742. The molecule has 1 aliphatic rings. The van der Waals surface area contributed by atoms with Gasteiger partial charge in [-0.15, -0.1) is 0 Å². The Morgan fingerprint density at radius 3 is 2.83 bits per heavy atom. The highest BCUT2D eigenvalue weighted by molar-refractivity contribution is 7.96. The lowest BCUT2D eigenvalue weighted by Gasteiger charge is -2.22. The van der Waals surface area contributed by atoms with Crippen LogP contribution in [0.3, 0.4) is 0 Å². The van der Waals surface area contributed by atoms with E-state index in [0.29, 0.717) is 13.2 Å². The molecule has 0 aromatic rings. The van der Waals surface area contributed by atoms with Crippen LogP contribution in [-0.4, -0.2) is 35.8 Å². The van der Waals surface area contributed by atoms with E-state index in [1.807, 2.05) is 4.31 Å². The number of nitriles is 1. The maximum atomic E-state index is 8.29. The zero-order chi connectivity index (χ0) is 8.81. The van der Waals surface area contributed by atoms with Gasteiger partial charge in [-0.25, -0.2) is 4.31 Å². The van der Waals surface area contributed by atoms with Gasteiger partial charge in [-0.2, -0.15) is 9.66 Å². The summed E-state index contributed by atoms with van der Waals surface area (Å²) in [7, 11) is 0. The van der Waals surface area contributed by atoms with E-state index in [4.69, 9.17) is 21.6 Å². The summed E-state index contributed by atoms with van der Waals surface area (Å²) >= 11 is 6.61. The number of ether oxygens (including phenoxy) is 1. The monoisotopic (exact) mass is 205 g/mol. The minimum absolute atomic E-state index is 0.0218. The van der Waals surface area contributed by atoms with Crippen LogP contribution >= 0.6 is 23.7 Å². The van der Waals surface area contributed by atoms with E-state index in [2.05, 4.69) is 4.40 Å². The van der Waals surface area contributed by atoms with E-state index in [9.17, 15) is 0 Å². The first-order valence-electron chi connectivity index (χ1n) is 3.46. The maximum Gasteiger partial charge on any atom is 0.215 e. The molecule has 0 spiro atoms. The first kappa shape index (κ1) is 9.81. The molecule has 4 nitrogen and oxygen atoms in total. The second kappa shape index (κ2) is 5.38. The Bertz CT molecular complexity index is 209. The van der Waals surface area contributed by atoms with Gasteiger partial charge in [-0.3, -0.25) is 0 Å². The van der Waals surface area contributed by atoms with Crippen molar-refractivity contribution in [1.82, 2.24) is 4.31 Å². The van der Waals surface area contributed by atoms with E-state index >= 15 is 0 Å². The van der Waals surface area contributed by atoms with Gasteiger partial charge in [0.05, 0.1) is 25.3 Å². The van der Waals surface area contributed by atoms with Gasteiger partial charge in [0.15, 0.2) is 0 Å². The van der Waals surface area contributed by atoms with Crippen LogP contribution < -0.4 is 0 Å². The van der Waals surface area contributed by atoms with Crippen molar-refractivity contribution in [2.24, 2.45) is 4.40 Å². The van der Waals surface area contributed by atoms with E-state index in [1.165, 1.54) is 12.1 Å². The van der Waals surface area contributed by atoms with Gasteiger partial charge in [-0.1, -0.05) is 0 Å². The molecule has 0 unspecified atom stereocenters. The molecule has 0 atom stereocenters. The normalized spacial score (nSPS) is 20.5. The number of morpholine rings is 1. The second-order valence-corrected chi connectivity index (χ2v) is 3.34. The molecule has 0 bridgehead atoms. The highest BCUT2D eigenvalue weighted by atomic mass is 35.5. The first-order valence-corrected chi connectivity index (χ1v) is 4.57. The molecule has 1 saturated heterocycles. The van der Waals surface area contributed by atoms with Crippen LogP contribution in [0.2, 0.25) is 0 Å². The minimum atomic E-state index is -0.0218. The Morgan fingerprint density at radius 2 is 2.25 bits per heavy atom. The topological polar surface area (TPSA) is 48.6 Å². The lowest BCUT2D eigenvalue weighted by atomic mass is 10.5. The summed E-state index contributed by atoms with van der Waals surface area (Å²) in [5, 5.41) is 8.27. The van der Waals surface area contributed by atoms with Gasteiger partial charge < -0.3 is 4.74 Å². The summed E-state index contributed by atoms with van der Waals surface area (Å²) in [6, 6.07) is 1.74. The number of halogens is 1. The molecule has 0 radical (unpaired) electrons. The highest BCUT2D eigenvalue weighted by Crippen LogP contribution is 2.13. The molecule has 0 aromatic carbocycles. The van der Waals surface area contributed by atoms with Crippen molar-refractivity contribution >= 4 is 28.9 Å². The highest BCUT2D eigenvalue weighted by Gasteiger charge is 2.10. The summed E-state index contributed by atoms with van der Waals surface area (Å²) in [6.45, 7) is 3.08. The Kier molecular flexibility index (Phi) is 4.40. The molecule has 1 aliphatic heterocycles. The molecular weight excluding hydrogens is 198 g/mol. The SMILES string of the molecule is N#C/C(Cl)=N/SN1CCOCC1. The molecule has 12 heavy (non-hydrogen) atoms. The molecule has 1 heterocycles. The van der Waals surface area contributed by atoms with Crippen molar-refractivity contribution in [3.8, 4) is 6.07 Å². The largest absolute Gasteiger partial charge is 0.379 e. The Labute approximate surface area is 80.4 Å². The summed E-state index contributed by atoms with van der Waals surface area (Å²) in [4.78, 5) is 0. The third kappa shape index (κ3) is 3.41. The third-order valence-corrected chi connectivity index (χ3v) is 2.43. The van der Waals surface area contributed by atoms with Crippen LogP contribution in [0.1, 0.15) is 0 Å². The summed E-state index contributed by atoms with van der Waals surface area (Å²) < 4.78 is 10.9. The third-order valence-electron chi connectivity index (χ3n) is 1.30. The Morgan fingerprint density at radius 1 is 1.58 bits per heavy atom. The number of hydrogen-bond donors (Lipinski definition) is 0. The van der Waals surface area contributed by atoms with Crippen molar-refractivity contribution in [3.63, 3.8) is 0 Å². The van der Waals surface area contributed by atoms with Crippen LogP contribution in [-0.2, 0) is 4.74 Å². The van der Waals surface area contributed by atoms with Gasteiger partial charge in [0, 0.05) is 13.1 Å². The number of hydrogen-bond acceptors (Lipinski definition) is 5. The predicted octanol–water partition coefficient (Wildman–Crippen LogP) is 1.04. The lowest BCUT2D eigenvalue weighted by molar-refractivity contribution is 0.0773. The summed E-state index contributed by atoms with van der Waals surface area (Å²) in [6.07, 6.45) is 0. The molecule has 0 aromatic heterocycles. The van der Waals surface area contributed by atoms with Gasteiger partial charge in [0.2, 0.25) is 5.17 Å². The van der Waals surface area contributed by atoms with Crippen LogP contribution in [0.4, 0.5) is 0 Å². The second-order valence-electron chi connectivity index (χ2n) is 2.12. The number of nitrogens with zero attached hydrogens (tertiary/aromatic N) is 3. The summed E-state index contributed by atoms with van der Waals surface area (Å²) in [5.41, 5.74) is 0. The number of rotatable bonds is 2. The van der Waals surface area contributed by atoms with Gasteiger partial charge in [0.1, 0.15) is 6.07 Å².